The quantitative estimate of drug-likeness (QED) is 0.805. The number of hydrogen-bond acceptors (Lipinski definition) is 4. The molecule has 2 saturated heterocycles. The molecule has 0 bridgehead atoms. The van der Waals surface area contributed by atoms with Crippen molar-refractivity contribution in [2.75, 3.05) is 37.6 Å². The van der Waals surface area contributed by atoms with Crippen molar-refractivity contribution >= 4 is 11.8 Å². The molecule has 150 valence electrons. The maximum absolute atomic E-state index is 12.1. The van der Waals surface area contributed by atoms with E-state index in [2.05, 4.69) is 51.4 Å². The molecule has 1 aromatic rings. The molecule has 0 aromatic carbocycles. The molecule has 27 heavy (non-hydrogen) atoms. The highest BCUT2D eigenvalue weighted by atomic mass is 16.2. The third-order valence-corrected chi connectivity index (χ3v) is 5.81. The Bertz CT molecular complexity index is 585. The summed E-state index contributed by atoms with van der Waals surface area (Å²) in [6.45, 7) is 10.2. The molecule has 0 radical (unpaired) electrons. The summed E-state index contributed by atoms with van der Waals surface area (Å²) < 4.78 is 0. The third-order valence-electron chi connectivity index (χ3n) is 5.81. The second-order valence-electron chi connectivity index (χ2n) is 8.23. The Labute approximate surface area is 163 Å². The molecule has 2 aliphatic rings. The van der Waals surface area contributed by atoms with E-state index < -0.39 is 0 Å². The van der Waals surface area contributed by atoms with E-state index in [1.165, 1.54) is 32.1 Å². The zero-order valence-electron chi connectivity index (χ0n) is 16.9. The van der Waals surface area contributed by atoms with Gasteiger partial charge in [0.25, 0.3) is 0 Å². The minimum Gasteiger partial charge on any atom is -0.357 e. The van der Waals surface area contributed by atoms with Crippen LogP contribution in [0.15, 0.2) is 18.3 Å². The van der Waals surface area contributed by atoms with Crippen molar-refractivity contribution in [3.8, 4) is 0 Å². The number of hydrogen-bond donors (Lipinski definition) is 2. The van der Waals surface area contributed by atoms with Crippen LogP contribution < -0.4 is 15.5 Å². The van der Waals surface area contributed by atoms with Gasteiger partial charge in [0.15, 0.2) is 0 Å². The molecule has 0 saturated carbocycles. The fourth-order valence-corrected chi connectivity index (χ4v) is 4.07. The van der Waals surface area contributed by atoms with Gasteiger partial charge in [-0.05, 0) is 63.1 Å². The standard InChI is InChI=1S/C21H35N5O/c1-17-7-6-12-26(16-17)18(2)13-23-21(27)24-15-19-8-9-20(22-14-19)25-10-4-3-5-11-25/h8-9,14,17-18H,3-7,10-13,15-16H2,1-2H3,(H2,23,24,27). The van der Waals surface area contributed by atoms with Crippen LogP contribution in [0.1, 0.15) is 51.5 Å². The van der Waals surface area contributed by atoms with Gasteiger partial charge in [0.2, 0.25) is 0 Å². The first-order valence-electron chi connectivity index (χ1n) is 10.6. The number of urea groups is 1. The van der Waals surface area contributed by atoms with Crippen LogP contribution in [-0.4, -0.2) is 54.7 Å². The Kier molecular flexibility index (Phi) is 7.33. The Balaban J connectivity index is 1.37. The van der Waals surface area contributed by atoms with Crippen molar-refractivity contribution < 1.29 is 4.79 Å². The number of likely N-dealkylation sites (tertiary alicyclic amines) is 1. The summed E-state index contributed by atoms with van der Waals surface area (Å²) in [6.07, 6.45) is 8.28. The lowest BCUT2D eigenvalue weighted by atomic mass is 9.99. The highest BCUT2D eigenvalue weighted by Gasteiger charge is 2.21. The first kappa shape index (κ1) is 19.9. The maximum Gasteiger partial charge on any atom is 0.315 e. The predicted octanol–water partition coefficient (Wildman–Crippen LogP) is 2.99. The molecule has 2 amide bonds. The monoisotopic (exact) mass is 373 g/mol. The second-order valence-corrected chi connectivity index (χ2v) is 8.23. The van der Waals surface area contributed by atoms with Crippen LogP contribution in [0.4, 0.5) is 10.6 Å². The molecule has 2 unspecified atom stereocenters. The molecule has 2 aliphatic heterocycles. The average Bonchev–Trinajstić information content (AvgIpc) is 2.71. The van der Waals surface area contributed by atoms with Gasteiger partial charge in [0.05, 0.1) is 0 Å². The van der Waals surface area contributed by atoms with Crippen LogP contribution in [-0.2, 0) is 6.54 Å². The van der Waals surface area contributed by atoms with Gasteiger partial charge in [0, 0.05) is 45.0 Å². The topological polar surface area (TPSA) is 60.5 Å². The first-order chi connectivity index (χ1) is 13.1. The van der Waals surface area contributed by atoms with Crippen molar-refractivity contribution in [3.63, 3.8) is 0 Å². The van der Waals surface area contributed by atoms with Crippen LogP contribution in [0.3, 0.4) is 0 Å². The fourth-order valence-electron chi connectivity index (χ4n) is 4.07. The summed E-state index contributed by atoms with van der Waals surface area (Å²) >= 11 is 0. The number of amides is 2. The van der Waals surface area contributed by atoms with E-state index in [1.54, 1.807) is 0 Å². The number of rotatable bonds is 6. The minimum absolute atomic E-state index is 0.105. The van der Waals surface area contributed by atoms with E-state index in [-0.39, 0.29) is 6.03 Å². The average molecular weight is 374 g/mol. The number of piperidine rings is 2. The Hall–Kier alpha value is -1.82. The summed E-state index contributed by atoms with van der Waals surface area (Å²) in [5.74, 6) is 1.81. The van der Waals surface area contributed by atoms with Gasteiger partial charge in [-0.3, -0.25) is 4.90 Å². The van der Waals surface area contributed by atoms with E-state index in [0.717, 1.165) is 43.5 Å². The second kappa shape index (κ2) is 9.93. The number of carbonyl (C=O) groups is 1. The molecule has 2 atom stereocenters. The molecule has 6 heteroatoms. The largest absolute Gasteiger partial charge is 0.357 e. The lowest BCUT2D eigenvalue weighted by Gasteiger charge is -2.35. The van der Waals surface area contributed by atoms with E-state index in [1.807, 2.05) is 6.20 Å². The Morgan fingerprint density at radius 2 is 2.00 bits per heavy atom. The SMILES string of the molecule is CC1CCCN(C(C)CNC(=O)NCc2ccc(N3CCCCC3)nc2)C1. The zero-order valence-corrected chi connectivity index (χ0v) is 16.9. The number of nitrogens with one attached hydrogen (secondary N) is 2. The predicted molar refractivity (Wildman–Crippen MR) is 110 cm³/mol. The van der Waals surface area contributed by atoms with Crippen molar-refractivity contribution in [2.24, 2.45) is 5.92 Å². The Morgan fingerprint density at radius 1 is 1.19 bits per heavy atom. The molecule has 3 heterocycles. The van der Waals surface area contributed by atoms with E-state index in [0.29, 0.717) is 19.1 Å². The van der Waals surface area contributed by atoms with Crippen molar-refractivity contribution in [2.45, 2.75) is 58.5 Å². The van der Waals surface area contributed by atoms with Crippen LogP contribution in [0.5, 0.6) is 0 Å². The van der Waals surface area contributed by atoms with Crippen LogP contribution >= 0.6 is 0 Å². The zero-order chi connectivity index (χ0) is 19.1. The molecule has 3 rings (SSSR count). The molecule has 0 aliphatic carbocycles. The van der Waals surface area contributed by atoms with E-state index in [9.17, 15) is 4.79 Å². The number of aromatic nitrogens is 1. The van der Waals surface area contributed by atoms with Gasteiger partial charge in [-0.15, -0.1) is 0 Å². The maximum atomic E-state index is 12.1. The van der Waals surface area contributed by atoms with E-state index >= 15 is 0 Å². The lowest BCUT2D eigenvalue weighted by molar-refractivity contribution is 0.137. The number of pyridine rings is 1. The van der Waals surface area contributed by atoms with Gasteiger partial charge < -0.3 is 15.5 Å². The van der Waals surface area contributed by atoms with Crippen LogP contribution in [0.25, 0.3) is 0 Å². The Morgan fingerprint density at radius 3 is 2.70 bits per heavy atom. The van der Waals surface area contributed by atoms with E-state index in [4.69, 9.17) is 0 Å². The highest BCUT2D eigenvalue weighted by Crippen LogP contribution is 2.18. The smallest absolute Gasteiger partial charge is 0.315 e. The molecule has 0 spiro atoms. The molecule has 1 aromatic heterocycles. The summed E-state index contributed by atoms with van der Waals surface area (Å²) in [7, 11) is 0. The lowest BCUT2D eigenvalue weighted by Crippen LogP contribution is -2.48. The number of anilines is 1. The molecular weight excluding hydrogens is 338 g/mol. The molecule has 2 fully saturated rings. The summed E-state index contributed by atoms with van der Waals surface area (Å²) in [4.78, 5) is 21.5. The summed E-state index contributed by atoms with van der Waals surface area (Å²) in [5.41, 5.74) is 1.03. The summed E-state index contributed by atoms with van der Waals surface area (Å²) in [5, 5.41) is 5.95. The molecule has 6 nitrogen and oxygen atoms in total. The number of nitrogens with zero attached hydrogens (tertiary/aromatic N) is 3. The molecule has 2 N–H and O–H groups in total. The van der Waals surface area contributed by atoms with Crippen molar-refractivity contribution in [1.82, 2.24) is 20.5 Å². The van der Waals surface area contributed by atoms with Crippen molar-refractivity contribution in [3.05, 3.63) is 23.9 Å². The highest BCUT2D eigenvalue weighted by molar-refractivity contribution is 5.73. The number of carbonyl (C=O) groups excluding carboxylic acids is 1. The minimum atomic E-state index is -0.105. The van der Waals surface area contributed by atoms with Crippen LogP contribution in [0, 0.1) is 5.92 Å². The van der Waals surface area contributed by atoms with Crippen molar-refractivity contribution in [1.29, 1.82) is 0 Å². The van der Waals surface area contributed by atoms with Gasteiger partial charge in [-0.1, -0.05) is 13.0 Å². The molecular formula is C21H35N5O. The normalized spacial score (nSPS) is 22.3. The summed E-state index contributed by atoms with van der Waals surface area (Å²) in [6, 6.07) is 4.41. The van der Waals surface area contributed by atoms with Gasteiger partial charge >= 0.3 is 6.03 Å². The van der Waals surface area contributed by atoms with Crippen LogP contribution in [0.2, 0.25) is 0 Å². The fraction of sp³-hybridized carbons (Fsp3) is 0.714. The van der Waals surface area contributed by atoms with Gasteiger partial charge in [0.1, 0.15) is 5.82 Å². The van der Waals surface area contributed by atoms with Gasteiger partial charge in [-0.2, -0.15) is 0 Å². The third kappa shape index (κ3) is 6.09. The van der Waals surface area contributed by atoms with Gasteiger partial charge in [-0.25, -0.2) is 9.78 Å². The first-order valence-corrected chi connectivity index (χ1v) is 10.6.